The van der Waals surface area contributed by atoms with Crippen molar-refractivity contribution in [3.05, 3.63) is 46.5 Å². The Morgan fingerprint density at radius 1 is 0.920 bits per heavy atom. The highest BCUT2D eigenvalue weighted by Crippen LogP contribution is 2.34. The number of rotatable bonds is 4. The Morgan fingerprint density at radius 3 is 2.12 bits per heavy atom. The van der Waals surface area contributed by atoms with Gasteiger partial charge in [0.25, 0.3) is 10.1 Å². The first-order valence-electron chi connectivity index (χ1n) is 7.84. The lowest BCUT2D eigenvalue weighted by molar-refractivity contribution is 0.460. The molecule has 0 aliphatic rings. The molecule has 0 radical (unpaired) electrons. The third-order valence-corrected chi connectivity index (χ3v) is 4.98. The number of aromatic hydroxyl groups is 1. The molecule has 2 rings (SSSR count). The largest absolute Gasteiger partial charge is 0.507 e. The average molecular weight is 362 g/mol. The van der Waals surface area contributed by atoms with Crippen LogP contribution in [-0.4, -0.2) is 18.1 Å². The number of phenolic OH excluding ortho intramolecular Hbond substituents is 1. The molecule has 0 spiro atoms. The fraction of sp³-hybridized carbons (Fsp3) is 0.333. The zero-order valence-corrected chi connectivity index (χ0v) is 15.7. The highest BCUT2D eigenvalue weighted by atomic mass is 32.2. The Labute approximate surface area is 148 Å². The molecule has 0 saturated carbocycles. The average Bonchev–Trinajstić information content (AvgIpc) is 2.47. The number of aryl methyl sites for hydroxylation is 3. The van der Waals surface area contributed by atoms with Crippen LogP contribution >= 0.6 is 0 Å². The number of phenols is 1. The van der Waals surface area contributed by atoms with E-state index >= 15 is 0 Å². The molecular formula is C18H22N2O4S. The van der Waals surface area contributed by atoms with Crippen molar-refractivity contribution >= 4 is 21.5 Å². The van der Waals surface area contributed by atoms with Crippen molar-refractivity contribution in [3.63, 3.8) is 0 Å². The molecule has 0 bridgehead atoms. The predicted octanol–water partition coefficient (Wildman–Crippen LogP) is 5.10. The Kier molecular flexibility index (Phi) is 5.29. The first-order chi connectivity index (χ1) is 11.5. The molecular weight excluding hydrogens is 340 g/mol. The van der Waals surface area contributed by atoms with Crippen LogP contribution in [0.4, 0.5) is 11.4 Å². The van der Waals surface area contributed by atoms with Crippen molar-refractivity contribution < 1.29 is 18.1 Å². The minimum Gasteiger partial charge on any atom is -0.507 e. The van der Waals surface area contributed by atoms with Gasteiger partial charge in [-0.3, -0.25) is 4.55 Å². The molecule has 0 amide bonds. The van der Waals surface area contributed by atoms with Crippen LogP contribution in [0.15, 0.2) is 39.4 Å². The second kappa shape index (κ2) is 6.93. The molecule has 0 atom stereocenters. The number of hydrogen-bond acceptors (Lipinski definition) is 5. The van der Waals surface area contributed by atoms with E-state index in [0.717, 1.165) is 11.1 Å². The molecule has 2 aromatic rings. The maximum Gasteiger partial charge on any atom is 0.294 e. The van der Waals surface area contributed by atoms with Gasteiger partial charge in [0.1, 0.15) is 5.75 Å². The molecule has 0 heterocycles. The van der Waals surface area contributed by atoms with Crippen molar-refractivity contribution in [1.29, 1.82) is 0 Å². The zero-order chi connectivity index (χ0) is 18.9. The normalized spacial score (nSPS) is 12.3. The maximum absolute atomic E-state index is 11.4. The van der Waals surface area contributed by atoms with Gasteiger partial charge in [-0.05, 0) is 67.1 Å². The second-order valence-electron chi connectivity index (χ2n) is 6.43. The molecule has 0 aliphatic heterocycles. The van der Waals surface area contributed by atoms with Crippen LogP contribution in [0.1, 0.15) is 42.0 Å². The molecule has 7 heteroatoms. The van der Waals surface area contributed by atoms with Crippen LogP contribution in [0.2, 0.25) is 0 Å². The SMILES string of the molecule is Cc1cc(C)c(S(=O)(=O)O)cc1N=Nc1cc(C)c(O)c(C(C)C)c1. The van der Waals surface area contributed by atoms with E-state index in [1.54, 1.807) is 39.0 Å². The predicted molar refractivity (Wildman–Crippen MR) is 96.8 cm³/mol. The van der Waals surface area contributed by atoms with Gasteiger partial charge in [-0.1, -0.05) is 19.9 Å². The van der Waals surface area contributed by atoms with Crippen LogP contribution in [0, 0.1) is 20.8 Å². The molecule has 0 aliphatic carbocycles. The summed E-state index contributed by atoms with van der Waals surface area (Å²) in [4.78, 5) is -0.184. The minimum atomic E-state index is -4.32. The van der Waals surface area contributed by atoms with E-state index in [9.17, 15) is 18.1 Å². The molecule has 0 aromatic heterocycles. The lowest BCUT2D eigenvalue weighted by Gasteiger charge is -2.11. The molecule has 6 nitrogen and oxygen atoms in total. The van der Waals surface area contributed by atoms with Crippen molar-refractivity contribution in [2.75, 3.05) is 0 Å². The Bertz CT molecular complexity index is 948. The molecule has 134 valence electrons. The lowest BCUT2D eigenvalue weighted by atomic mass is 9.99. The third kappa shape index (κ3) is 4.24. The fourth-order valence-corrected chi connectivity index (χ4v) is 3.33. The van der Waals surface area contributed by atoms with Gasteiger partial charge in [-0.25, -0.2) is 0 Å². The highest BCUT2D eigenvalue weighted by Gasteiger charge is 2.16. The van der Waals surface area contributed by atoms with E-state index in [1.807, 2.05) is 13.8 Å². The number of azo groups is 1. The summed E-state index contributed by atoms with van der Waals surface area (Å²) in [6, 6.07) is 6.40. The Balaban J connectivity index is 2.50. The van der Waals surface area contributed by atoms with Gasteiger partial charge in [0.05, 0.1) is 16.3 Å². The van der Waals surface area contributed by atoms with E-state index in [1.165, 1.54) is 6.07 Å². The highest BCUT2D eigenvalue weighted by molar-refractivity contribution is 7.85. The summed E-state index contributed by atoms with van der Waals surface area (Å²) >= 11 is 0. The topological polar surface area (TPSA) is 99.3 Å². The first-order valence-corrected chi connectivity index (χ1v) is 9.28. The molecule has 2 N–H and O–H groups in total. The zero-order valence-electron chi connectivity index (χ0n) is 14.9. The third-order valence-electron chi connectivity index (χ3n) is 3.98. The summed E-state index contributed by atoms with van der Waals surface area (Å²) in [5.74, 6) is 0.371. The van der Waals surface area contributed by atoms with Crippen LogP contribution in [0.3, 0.4) is 0 Å². The van der Waals surface area contributed by atoms with E-state index in [4.69, 9.17) is 0 Å². The van der Waals surface area contributed by atoms with Crippen molar-refractivity contribution in [3.8, 4) is 5.75 Å². The quantitative estimate of drug-likeness (QED) is 0.583. The number of benzene rings is 2. The van der Waals surface area contributed by atoms with E-state index in [0.29, 0.717) is 22.5 Å². The van der Waals surface area contributed by atoms with E-state index in [-0.39, 0.29) is 16.6 Å². The van der Waals surface area contributed by atoms with E-state index < -0.39 is 10.1 Å². The summed E-state index contributed by atoms with van der Waals surface area (Å²) in [6.45, 7) is 9.12. The van der Waals surface area contributed by atoms with Crippen LogP contribution in [0.25, 0.3) is 0 Å². The summed E-state index contributed by atoms with van der Waals surface area (Å²) < 4.78 is 32.2. The van der Waals surface area contributed by atoms with E-state index in [2.05, 4.69) is 10.2 Å². The maximum atomic E-state index is 11.4. The van der Waals surface area contributed by atoms with Crippen LogP contribution in [-0.2, 0) is 10.1 Å². The van der Waals surface area contributed by atoms with Gasteiger partial charge >= 0.3 is 0 Å². The first kappa shape index (κ1) is 19.1. The molecule has 25 heavy (non-hydrogen) atoms. The number of nitrogens with zero attached hydrogens (tertiary/aromatic N) is 2. The molecule has 0 unspecified atom stereocenters. The van der Waals surface area contributed by atoms with Gasteiger partial charge in [-0.2, -0.15) is 18.6 Å². The van der Waals surface area contributed by atoms with Crippen LogP contribution < -0.4 is 0 Å². The lowest BCUT2D eigenvalue weighted by Crippen LogP contribution is -2.01. The molecule has 0 fully saturated rings. The standard InChI is InChI=1S/C18H22N2O4S/c1-10(2)15-8-14(7-13(5)18(15)21)19-20-16-9-17(25(22,23)24)12(4)6-11(16)3/h6-10,21H,1-5H3,(H,22,23,24). The van der Waals surface area contributed by atoms with Gasteiger partial charge in [0.15, 0.2) is 0 Å². The Morgan fingerprint density at radius 2 is 1.56 bits per heavy atom. The fourth-order valence-electron chi connectivity index (χ4n) is 2.60. The van der Waals surface area contributed by atoms with Crippen molar-refractivity contribution in [2.45, 2.75) is 45.4 Å². The number of hydrogen-bond donors (Lipinski definition) is 2. The minimum absolute atomic E-state index is 0.126. The summed E-state index contributed by atoms with van der Waals surface area (Å²) in [5, 5.41) is 18.4. The van der Waals surface area contributed by atoms with Gasteiger partial charge in [-0.15, -0.1) is 0 Å². The molecule has 0 saturated heterocycles. The smallest absolute Gasteiger partial charge is 0.294 e. The monoisotopic (exact) mass is 362 g/mol. The Hall–Kier alpha value is -2.25. The van der Waals surface area contributed by atoms with Gasteiger partial charge < -0.3 is 5.11 Å². The van der Waals surface area contributed by atoms with Crippen molar-refractivity contribution in [1.82, 2.24) is 0 Å². The van der Waals surface area contributed by atoms with Gasteiger partial charge in [0.2, 0.25) is 0 Å². The summed E-state index contributed by atoms with van der Waals surface area (Å²) in [5.41, 5.74) is 3.57. The summed E-state index contributed by atoms with van der Waals surface area (Å²) in [7, 11) is -4.32. The molecule has 2 aromatic carbocycles. The van der Waals surface area contributed by atoms with Crippen molar-refractivity contribution in [2.24, 2.45) is 10.2 Å². The van der Waals surface area contributed by atoms with Crippen LogP contribution in [0.5, 0.6) is 5.75 Å². The summed E-state index contributed by atoms with van der Waals surface area (Å²) in [6.07, 6.45) is 0. The second-order valence-corrected chi connectivity index (χ2v) is 7.82. The van der Waals surface area contributed by atoms with Gasteiger partial charge in [0, 0.05) is 0 Å².